The summed E-state index contributed by atoms with van der Waals surface area (Å²) < 4.78 is 15.5. The first kappa shape index (κ1) is 8.93. The van der Waals surface area contributed by atoms with E-state index in [9.17, 15) is 4.57 Å². The van der Waals surface area contributed by atoms with Crippen LogP contribution in [0.1, 0.15) is 13.3 Å². The summed E-state index contributed by atoms with van der Waals surface area (Å²) in [7, 11) is -0.317. The summed E-state index contributed by atoms with van der Waals surface area (Å²) in [6.45, 7) is 5.43. The van der Waals surface area contributed by atoms with Crippen molar-refractivity contribution in [2.75, 3.05) is 7.11 Å². The molecule has 0 amide bonds. The van der Waals surface area contributed by atoms with E-state index in [-0.39, 0.29) is 5.66 Å². The molecule has 0 fully saturated rings. The second-order valence-electron chi connectivity index (χ2n) is 1.95. The molecule has 2 atom stereocenters. The van der Waals surface area contributed by atoms with Gasteiger partial charge in [0.2, 0.25) is 0 Å². The lowest BCUT2D eigenvalue weighted by molar-refractivity contribution is 0.406. The number of hydrogen-bond donors (Lipinski definition) is 0. The Labute approximate surface area is 56.8 Å². The smallest absolute Gasteiger partial charge is 0.194 e. The fourth-order valence-electron chi connectivity index (χ4n) is 0.547. The number of hydrogen-bond acceptors (Lipinski definition) is 2. The molecule has 0 aliphatic rings. The third kappa shape index (κ3) is 3.50. The Morgan fingerprint density at radius 3 is 2.78 bits per heavy atom. The molecule has 0 bridgehead atoms. The number of allylic oxidation sites excluding steroid dienone is 1. The van der Waals surface area contributed by atoms with Gasteiger partial charge in [0.15, 0.2) is 8.03 Å². The molecule has 2 unspecified atom stereocenters. The summed E-state index contributed by atoms with van der Waals surface area (Å²) in [6, 6.07) is 0. The van der Waals surface area contributed by atoms with Crippen LogP contribution in [-0.4, -0.2) is 12.8 Å². The Morgan fingerprint density at radius 2 is 2.44 bits per heavy atom. The highest BCUT2D eigenvalue weighted by Gasteiger charge is 2.05. The Hall–Kier alpha value is -0.0700. The second kappa shape index (κ2) is 4.78. The largest absolute Gasteiger partial charge is 0.334 e. The topological polar surface area (TPSA) is 26.3 Å². The van der Waals surface area contributed by atoms with Crippen molar-refractivity contribution in [2.45, 2.75) is 19.0 Å². The van der Waals surface area contributed by atoms with Gasteiger partial charge in [0.1, 0.15) is 0 Å². The molecular weight excluding hydrogens is 135 g/mol. The van der Waals surface area contributed by atoms with Crippen molar-refractivity contribution in [1.82, 2.24) is 0 Å². The van der Waals surface area contributed by atoms with Gasteiger partial charge in [-0.2, -0.15) is 0 Å². The molecule has 0 aromatic carbocycles. The van der Waals surface area contributed by atoms with E-state index in [1.807, 2.05) is 6.92 Å². The fraction of sp³-hybridized carbons (Fsp3) is 0.667. The van der Waals surface area contributed by atoms with E-state index < -0.39 is 8.03 Å². The average Bonchev–Trinajstić information content (AvgIpc) is 1.87. The molecule has 9 heavy (non-hydrogen) atoms. The van der Waals surface area contributed by atoms with Gasteiger partial charge in [-0.15, -0.1) is 6.58 Å². The molecule has 0 aliphatic carbocycles. The standard InChI is InChI=1S/C6H13O2P/c1-4-5-6(2)9(7)8-3/h4,6,9H,1,5H2,2-3H3. The molecule has 0 aliphatic heterocycles. The van der Waals surface area contributed by atoms with E-state index in [0.29, 0.717) is 0 Å². The van der Waals surface area contributed by atoms with Crippen molar-refractivity contribution in [1.29, 1.82) is 0 Å². The molecule has 0 heterocycles. The molecule has 2 nitrogen and oxygen atoms in total. The van der Waals surface area contributed by atoms with Gasteiger partial charge in [-0.25, -0.2) is 0 Å². The molecule has 0 aromatic heterocycles. The molecule has 54 valence electrons. The highest BCUT2D eigenvalue weighted by atomic mass is 31.1. The molecular formula is C6H13O2P. The molecule has 0 aromatic rings. The van der Waals surface area contributed by atoms with Gasteiger partial charge in [0, 0.05) is 12.8 Å². The van der Waals surface area contributed by atoms with Crippen molar-refractivity contribution in [3.63, 3.8) is 0 Å². The first-order valence-corrected chi connectivity index (χ1v) is 4.30. The minimum Gasteiger partial charge on any atom is -0.334 e. The van der Waals surface area contributed by atoms with E-state index in [4.69, 9.17) is 0 Å². The van der Waals surface area contributed by atoms with Crippen LogP contribution in [0.2, 0.25) is 0 Å². The summed E-state index contributed by atoms with van der Waals surface area (Å²) in [4.78, 5) is 0. The minimum absolute atomic E-state index is 0.137. The quantitative estimate of drug-likeness (QED) is 0.450. The predicted octanol–water partition coefficient (Wildman–Crippen LogP) is 2.07. The normalized spacial score (nSPS) is 16.7. The van der Waals surface area contributed by atoms with Gasteiger partial charge in [0.25, 0.3) is 0 Å². The van der Waals surface area contributed by atoms with Crippen molar-refractivity contribution < 1.29 is 9.09 Å². The Balaban J connectivity index is 3.58. The Bertz CT molecular complexity index is 112. The maximum absolute atomic E-state index is 10.8. The third-order valence-corrected chi connectivity index (χ3v) is 2.57. The minimum atomic E-state index is -1.79. The van der Waals surface area contributed by atoms with E-state index in [1.54, 1.807) is 6.08 Å². The first-order valence-electron chi connectivity index (χ1n) is 2.91. The summed E-state index contributed by atoms with van der Waals surface area (Å²) in [5, 5.41) is 0. The van der Waals surface area contributed by atoms with Crippen LogP contribution < -0.4 is 0 Å². The molecule has 0 saturated heterocycles. The van der Waals surface area contributed by atoms with Crippen LogP contribution in [0.15, 0.2) is 12.7 Å². The average molecular weight is 148 g/mol. The maximum atomic E-state index is 10.8. The van der Waals surface area contributed by atoms with Crippen LogP contribution in [0.4, 0.5) is 0 Å². The van der Waals surface area contributed by atoms with Crippen LogP contribution in [-0.2, 0) is 9.09 Å². The first-order chi connectivity index (χ1) is 4.22. The van der Waals surface area contributed by atoms with Gasteiger partial charge >= 0.3 is 0 Å². The van der Waals surface area contributed by atoms with E-state index >= 15 is 0 Å². The summed E-state index contributed by atoms with van der Waals surface area (Å²) >= 11 is 0. The second-order valence-corrected chi connectivity index (χ2v) is 3.98. The maximum Gasteiger partial charge on any atom is 0.194 e. The molecule has 0 rings (SSSR count). The van der Waals surface area contributed by atoms with Crippen LogP contribution in [0.5, 0.6) is 0 Å². The van der Waals surface area contributed by atoms with Gasteiger partial charge in [-0.3, -0.25) is 4.57 Å². The zero-order chi connectivity index (χ0) is 7.28. The molecule has 0 spiro atoms. The zero-order valence-corrected chi connectivity index (χ0v) is 6.89. The Morgan fingerprint density at radius 1 is 1.89 bits per heavy atom. The van der Waals surface area contributed by atoms with Crippen molar-refractivity contribution >= 4 is 8.03 Å². The summed E-state index contributed by atoms with van der Waals surface area (Å²) in [6.07, 6.45) is 2.53. The zero-order valence-electron chi connectivity index (χ0n) is 5.89. The van der Waals surface area contributed by atoms with Gasteiger partial charge < -0.3 is 4.52 Å². The molecule has 0 N–H and O–H groups in total. The van der Waals surface area contributed by atoms with Crippen LogP contribution in [0, 0.1) is 0 Å². The lowest BCUT2D eigenvalue weighted by Gasteiger charge is -2.04. The third-order valence-electron chi connectivity index (χ3n) is 1.12. The van der Waals surface area contributed by atoms with Gasteiger partial charge in [0.05, 0.1) is 0 Å². The van der Waals surface area contributed by atoms with E-state index in [0.717, 1.165) is 6.42 Å². The molecule has 0 saturated carbocycles. The van der Waals surface area contributed by atoms with Gasteiger partial charge in [-0.1, -0.05) is 13.0 Å². The van der Waals surface area contributed by atoms with E-state index in [1.165, 1.54) is 7.11 Å². The fourth-order valence-corrected chi connectivity index (χ4v) is 1.31. The highest BCUT2D eigenvalue weighted by Crippen LogP contribution is 2.29. The monoisotopic (exact) mass is 148 g/mol. The lowest BCUT2D eigenvalue weighted by Crippen LogP contribution is -1.92. The predicted molar refractivity (Wildman–Crippen MR) is 40.3 cm³/mol. The SMILES string of the molecule is C=CCC(C)[PH](=O)OC. The van der Waals surface area contributed by atoms with Crippen LogP contribution >= 0.6 is 8.03 Å². The molecule has 0 radical (unpaired) electrons. The van der Waals surface area contributed by atoms with E-state index in [2.05, 4.69) is 11.1 Å². The Kier molecular flexibility index (Phi) is 4.74. The lowest BCUT2D eigenvalue weighted by atomic mass is 10.3. The van der Waals surface area contributed by atoms with Crippen molar-refractivity contribution in [2.24, 2.45) is 0 Å². The summed E-state index contributed by atoms with van der Waals surface area (Å²) in [5.41, 5.74) is 0.137. The summed E-state index contributed by atoms with van der Waals surface area (Å²) in [5.74, 6) is 0. The highest BCUT2D eigenvalue weighted by molar-refractivity contribution is 7.39. The van der Waals surface area contributed by atoms with Gasteiger partial charge in [-0.05, 0) is 6.42 Å². The van der Waals surface area contributed by atoms with Crippen LogP contribution in [0.3, 0.4) is 0 Å². The number of rotatable bonds is 4. The van der Waals surface area contributed by atoms with Crippen molar-refractivity contribution in [3.05, 3.63) is 12.7 Å². The van der Waals surface area contributed by atoms with Crippen LogP contribution in [0.25, 0.3) is 0 Å². The molecule has 3 heteroatoms. The van der Waals surface area contributed by atoms with Crippen molar-refractivity contribution in [3.8, 4) is 0 Å².